The Labute approximate surface area is 261 Å². The van der Waals surface area contributed by atoms with Crippen molar-refractivity contribution < 1.29 is 14.4 Å². The second-order valence-corrected chi connectivity index (χ2v) is 12.4. The van der Waals surface area contributed by atoms with Gasteiger partial charge in [0.15, 0.2) is 5.69 Å². The molecule has 3 saturated heterocycles. The molecule has 44 heavy (non-hydrogen) atoms. The second-order valence-electron chi connectivity index (χ2n) is 12.4. The summed E-state index contributed by atoms with van der Waals surface area (Å²) in [6, 6.07) is 10.0. The van der Waals surface area contributed by atoms with Gasteiger partial charge in [-0.25, -0.2) is 4.98 Å². The first-order chi connectivity index (χ1) is 21.3. The first-order valence-corrected chi connectivity index (χ1v) is 16.1. The molecule has 5 rings (SSSR count). The van der Waals surface area contributed by atoms with Crippen LogP contribution in [-0.4, -0.2) is 139 Å². The molecule has 11 heteroatoms. The van der Waals surface area contributed by atoms with Crippen LogP contribution in [0, 0.1) is 5.92 Å². The Balaban J connectivity index is 1.12. The Morgan fingerprint density at radius 1 is 0.886 bits per heavy atom. The van der Waals surface area contributed by atoms with Gasteiger partial charge in [-0.15, -0.1) is 0 Å². The predicted molar refractivity (Wildman–Crippen MR) is 172 cm³/mol. The van der Waals surface area contributed by atoms with Crippen LogP contribution in [-0.2, 0) is 16.0 Å². The number of benzene rings is 1. The van der Waals surface area contributed by atoms with Crippen LogP contribution >= 0.6 is 0 Å². The standard InChI is InChI=1S/C33H48N8O3/c1-3-25-5-4-6-27(19-25)28-20-29(36-30(42)21-34)32(35-22-28)33(44)41-17-13-39(14-18-41)23-26-7-9-38(10-8-26)24-31(43)40-15-11-37(2)12-16-40/h4-6,19-20,22,26H,3,7-18,21,23-24,34H2,1-2H3,(H,36,42). The number of carbonyl (C=O) groups excluding carboxylic acids is 3. The Morgan fingerprint density at radius 3 is 2.27 bits per heavy atom. The molecule has 3 amide bonds. The van der Waals surface area contributed by atoms with Crippen molar-refractivity contribution in [2.24, 2.45) is 11.7 Å². The molecule has 3 N–H and O–H groups in total. The zero-order chi connectivity index (χ0) is 31.1. The van der Waals surface area contributed by atoms with Gasteiger partial charge in [0.2, 0.25) is 11.8 Å². The van der Waals surface area contributed by atoms with Gasteiger partial charge in [-0.3, -0.25) is 24.2 Å². The monoisotopic (exact) mass is 604 g/mol. The molecule has 0 unspecified atom stereocenters. The number of nitrogens with zero attached hydrogens (tertiary/aromatic N) is 6. The first kappa shape index (κ1) is 32.0. The number of carbonyl (C=O) groups is 3. The second kappa shape index (κ2) is 15.1. The molecule has 2 aromatic rings. The predicted octanol–water partition coefficient (Wildman–Crippen LogP) is 1.45. The largest absolute Gasteiger partial charge is 0.339 e. The molecule has 0 bridgehead atoms. The van der Waals surface area contributed by atoms with Crippen molar-refractivity contribution in [3.8, 4) is 11.1 Å². The molecular formula is C33H48N8O3. The summed E-state index contributed by atoms with van der Waals surface area (Å²) in [6.07, 6.45) is 4.81. The number of piperidine rings is 1. The molecule has 3 fully saturated rings. The quantitative estimate of drug-likeness (QED) is 0.442. The van der Waals surface area contributed by atoms with Gasteiger partial charge < -0.3 is 25.8 Å². The molecule has 238 valence electrons. The molecule has 1 aromatic carbocycles. The van der Waals surface area contributed by atoms with Crippen LogP contribution in [0.3, 0.4) is 0 Å². The highest BCUT2D eigenvalue weighted by Crippen LogP contribution is 2.27. The SMILES string of the molecule is CCc1cccc(-c2cnc(C(=O)N3CCN(CC4CCN(CC(=O)N5CCN(C)CC5)CC4)CC3)c(NC(=O)CN)c2)c1. The lowest BCUT2D eigenvalue weighted by Crippen LogP contribution is -2.52. The van der Waals surface area contributed by atoms with Crippen LogP contribution in [0.4, 0.5) is 5.69 Å². The number of aromatic nitrogens is 1. The summed E-state index contributed by atoms with van der Waals surface area (Å²) >= 11 is 0. The van der Waals surface area contributed by atoms with Crippen molar-refractivity contribution >= 4 is 23.4 Å². The van der Waals surface area contributed by atoms with Crippen molar-refractivity contribution in [3.63, 3.8) is 0 Å². The first-order valence-electron chi connectivity index (χ1n) is 16.1. The number of rotatable bonds is 9. The van der Waals surface area contributed by atoms with E-state index in [0.717, 1.165) is 89.3 Å². The normalized spacial score (nSPS) is 19.2. The third kappa shape index (κ3) is 8.20. The summed E-state index contributed by atoms with van der Waals surface area (Å²) in [5.41, 5.74) is 9.24. The van der Waals surface area contributed by atoms with E-state index >= 15 is 0 Å². The Morgan fingerprint density at radius 2 is 1.59 bits per heavy atom. The molecule has 3 aliphatic heterocycles. The van der Waals surface area contributed by atoms with Crippen LogP contribution in [0.5, 0.6) is 0 Å². The number of pyridine rings is 1. The van der Waals surface area contributed by atoms with Gasteiger partial charge in [0.05, 0.1) is 18.8 Å². The average molecular weight is 605 g/mol. The van der Waals surface area contributed by atoms with Crippen LogP contribution in [0.1, 0.15) is 35.8 Å². The van der Waals surface area contributed by atoms with Gasteiger partial charge in [0, 0.05) is 70.7 Å². The number of piperazine rings is 2. The number of anilines is 1. The fourth-order valence-corrected chi connectivity index (χ4v) is 6.38. The fraction of sp³-hybridized carbons (Fsp3) is 0.576. The summed E-state index contributed by atoms with van der Waals surface area (Å²) in [5.74, 6) is 0.327. The van der Waals surface area contributed by atoms with Crippen molar-refractivity contribution in [2.45, 2.75) is 26.2 Å². The number of likely N-dealkylation sites (tertiary alicyclic amines) is 1. The van der Waals surface area contributed by atoms with Crippen LogP contribution < -0.4 is 11.1 Å². The van der Waals surface area contributed by atoms with Crippen molar-refractivity contribution in [3.05, 3.63) is 47.8 Å². The van der Waals surface area contributed by atoms with Crippen LogP contribution in [0.25, 0.3) is 11.1 Å². The minimum Gasteiger partial charge on any atom is -0.339 e. The third-order valence-corrected chi connectivity index (χ3v) is 9.32. The van der Waals surface area contributed by atoms with E-state index in [1.54, 1.807) is 6.20 Å². The molecule has 4 heterocycles. The Bertz CT molecular complexity index is 1300. The summed E-state index contributed by atoms with van der Waals surface area (Å²) in [7, 11) is 2.11. The van der Waals surface area contributed by atoms with Gasteiger partial charge in [-0.2, -0.15) is 0 Å². The average Bonchev–Trinajstić information content (AvgIpc) is 3.06. The highest BCUT2D eigenvalue weighted by atomic mass is 16.2. The van der Waals surface area contributed by atoms with Crippen LogP contribution in [0.2, 0.25) is 0 Å². The third-order valence-electron chi connectivity index (χ3n) is 9.32. The molecule has 0 atom stereocenters. The highest BCUT2D eigenvalue weighted by Gasteiger charge is 2.29. The van der Waals surface area contributed by atoms with E-state index in [0.29, 0.717) is 31.2 Å². The summed E-state index contributed by atoms with van der Waals surface area (Å²) < 4.78 is 0. The van der Waals surface area contributed by atoms with E-state index in [1.165, 1.54) is 5.56 Å². The van der Waals surface area contributed by atoms with Crippen molar-refractivity contribution in [1.29, 1.82) is 0 Å². The number of likely N-dealkylation sites (N-methyl/N-ethyl adjacent to an activating group) is 1. The number of amides is 3. The molecule has 0 aliphatic carbocycles. The molecule has 0 spiro atoms. The lowest BCUT2D eigenvalue weighted by molar-refractivity contribution is -0.134. The zero-order valence-electron chi connectivity index (χ0n) is 26.3. The number of hydrogen-bond donors (Lipinski definition) is 2. The molecule has 1 aromatic heterocycles. The maximum atomic E-state index is 13.6. The summed E-state index contributed by atoms with van der Waals surface area (Å²) in [5, 5.41) is 2.80. The van der Waals surface area contributed by atoms with Gasteiger partial charge in [-0.05, 0) is 62.5 Å². The van der Waals surface area contributed by atoms with Crippen LogP contribution in [0.15, 0.2) is 36.5 Å². The fourth-order valence-electron chi connectivity index (χ4n) is 6.38. The lowest BCUT2D eigenvalue weighted by atomic mass is 9.96. The van der Waals surface area contributed by atoms with E-state index in [4.69, 9.17) is 5.73 Å². The Hall–Kier alpha value is -3.38. The number of aryl methyl sites for hydroxylation is 1. The zero-order valence-corrected chi connectivity index (χ0v) is 26.3. The molecular weight excluding hydrogens is 556 g/mol. The van der Waals surface area contributed by atoms with E-state index in [1.807, 2.05) is 28.0 Å². The lowest BCUT2D eigenvalue weighted by Gasteiger charge is -2.39. The number of hydrogen-bond acceptors (Lipinski definition) is 8. The molecule has 0 saturated carbocycles. The minimum absolute atomic E-state index is 0.173. The number of nitrogens with two attached hydrogens (primary N) is 1. The molecule has 3 aliphatic rings. The van der Waals surface area contributed by atoms with Gasteiger partial charge >= 0.3 is 0 Å². The molecule has 11 nitrogen and oxygen atoms in total. The van der Waals surface area contributed by atoms with Gasteiger partial charge in [-0.1, -0.05) is 31.2 Å². The van der Waals surface area contributed by atoms with Gasteiger partial charge in [0.1, 0.15) is 0 Å². The van der Waals surface area contributed by atoms with E-state index < -0.39 is 0 Å². The topological polar surface area (TPSA) is 118 Å². The van der Waals surface area contributed by atoms with E-state index in [-0.39, 0.29) is 30.0 Å². The highest BCUT2D eigenvalue weighted by molar-refractivity contribution is 6.03. The molecule has 0 radical (unpaired) electrons. The maximum absolute atomic E-state index is 13.6. The number of nitrogens with one attached hydrogen (secondary N) is 1. The van der Waals surface area contributed by atoms with Crippen molar-refractivity contribution in [2.75, 3.05) is 97.4 Å². The van der Waals surface area contributed by atoms with Crippen molar-refractivity contribution in [1.82, 2.24) is 29.5 Å². The minimum atomic E-state index is -0.361. The van der Waals surface area contributed by atoms with E-state index in [9.17, 15) is 14.4 Å². The van der Waals surface area contributed by atoms with E-state index in [2.05, 4.69) is 51.1 Å². The summed E-state index contributed by atoms with van der Waals surface area (Å²) in [4.78, 5) is 54.0. The maximum Gasteiger partial charge on any atom is 0.274 e. The smallest absolute Gasteiger partial charge is 0.274 e. The van der Waals surface area contributed by atoms with Gasteiger partial charge in [0.25, 0.3) is 5.91 Å². The Kier molecular flexibility index (Phi) is 11.0. The summed E-state index contributed by atoms with van der Waals surface area (Å²) in [6.45, 7) is 11.8.